The van der Waals surface area contributed by atoms with E-state index in [2.05, 4.69) is 37.3 Å². The maximum absolute atomic E-state index is 6.49. The van der Waals surface area contributed by atoms with Crippen LogP contribution in [0.4, 0.5) is 0 Å². The molecule has 2 aromatic rings. The topological polar surface area (TPSA) is 9.23 Å². The smallest absolute Gasteiger partial charge is 0.122 e. The minimum atomic E-state index is 0.130. The summed E-state index contributed by atoms with van der Waals surface area (Å²) >= 11 is 6.49. The van der Waals surface area contributed by atoms with Gasteiger partial charge in [-0.05, 0) is 48.9 Å². The fourth-order valence-electron chi connectivity index (χ4n) is 2.41. The Morgan fingerprint density at radius 3 is 2.35 bits per heavy atom. The van der Waals surface area contributed by atoms with Crippen molar-refractivity contribution in [2.24, 2.45) is 0 Å². The molecule has 0 bridgehead atoms. The van der Waals surface area contributed by atoms with E-state index in [1.165, 1.54) is 16.7 Å². The van der Waals surface area contributed by atoms with E-state index in [1.54, 1.807) is 7.11 Å². The summed E-state index contributed by atoms with van der Waals surface area (Å²) in [4.78, 5) is 0. The molecule has 0 saturated carbocycles. The van der Waals surface area contributed by atoms with Gasteiger partial charge in [0.2, 0.25) is 0 Å². The first-order valence-electron chi connectivity index (χ1n) is 7.01. The maximum atomic E-state index is 6.49. The largest absolute Gasteiger partial charge is 0.496 e. The van der Waals surface area contributed by atoms with Crippen molar-refractivity contribution < 1.29 is 4.74 Å². The summed E-state index contributed by atoms with van der Waals surface area (Å²) in [6, 6.07) is 16.6. The van der Waals surface area contributed by atoms with Crippen LogP contribution in [0.2, 0.25) is 0 Å². The number of aryl methyl sites for hydroxylation is 2. The van der Waals surface area contributed by atoms with E-state index in [0.717, 1.165) is 25.0 Å². The molecule has 0 aliphatic heterocycles. The van der Waals surface area contributed by atoms with Crippen molar-refractivity contribution in [2.75, 3.05) is 7.11 Å². The molecule has 2 heteroatoms. The summed E-state index contributed by atoms with van der Waals surface area (Å²) in [6.45, 7) is 2.15. The highest BCUT2D eigenvalue weighted by atomic mass is 35.5. The van der Waals surface area contributed by atoms with Crippen LogP contribution in [0.3, 0.4) is 0 Å². The summed E-state index contributed by atoms with van der Waals surface area (Å²) in [7, 11) is 1.70. The van der Waals surface area contributed by atoms with Crippen molar-refractivity contribution >= 4 is 11.6 Å². The molecule has 0 amide bonds. The first-order chi connectivity index (χ1) is 9.70. The molecule has 0 aliphatic rings. The standard InChI is InChI=1S/C18H21ClO/c1-14-7-3-4-8-15(14)11-12-17(19)13-16-9-5-6-10-18(16)20-2/h3-10,17H,11-13H2,1-2H3. The van der Waals surface area contributed by atoms with Gasteiger partial charge in [0.1, 0.15) is 5.75 Å². The molecule has 0 N–H and O–H groups in total. The maximum Gasteiger partial charge on any atom is 0.122 e. The van der Waals surface area contributed by atoms with Crippen molar-refractivity contribution in [3.63, 3.8) is 0 Å². The molecule has 1 atom stereocenters. The minimum absolute atomic E-state index is 0.130. The second kappa shape index (κ2) is 7.35. The summed E-state index contributed by atoms with van der Waals surface area (Å²) in [5.74, 6) is 0.925. The Balaban J connectivity index is 1.93. The highest BCUT2D eigenvalue weighted by molar-refractivity contribution is 6.20. The van der Waals surface area contributed by atoms with Gasteiger partial charge in [0.25, 0.3) is 0 Å². The predicted molar refractivity (Wildman–Crippen MR) is 85.8 cm³/mol. The van der Waals surface area contributed by atoms with Crippen LogP contribution < -0.4 is 4.74 Å². The van der Waals surface area contributed by atoms with Crippen LogP contribution in [-0.4, -0.2) is 12.5 Å². The fourth-order valence-corrected chi connectivity index (χ4v) is 2.69. The number of halogens is 1. The van der Waals surface area contributed by atoms with Gasteiger partial charge < -0.3 is 4.74 Å². The Bertz CT molecular complexity index is 551. The molecule has 0 aliphatic carbocycles. The normalized spacial score (nSPS) is 12.2. The first kappa shape index (κ1) is 14.9. The summed E-state index contributed by atoms with van der Waals surface area (Å²) in [6.07, 6.45) is 2.85. The van der Waals surface area contributed by atoms with Crippen LogP contribution in [0.15, 0.2) is 48.5 Å². The first-order valence-corrected chi connectivity index (χ1v) is 7.45. The number of para-hydroxylation sites is 1. The SMILES string of the molecule is COc1ccccc1CC(Cl)CCc1ccccc1C. The molecule has 106 valence electrons. The van der Waals surface area contributed by atoms with E-state index in [1.807, 2.05) is 18.2 Å². The Kier molecular flexibility index (Phi) is 5.49. The molecule has 1 unspecified atom stereocenters. The Morgan fingerprint density at radius 2 is 1.65 bits per heavy atom. The summed E-state index contributed by atoms with van der Waals surface area (Å²) in [5.41, 5.74) is 3.91. The van der Waals surface area contributed by atoms with Crippen molar-refractivity contribution in [2.45, 2.75) is 31.6 Å². The fraction of sp³-hybridized carbons (Fsp3) is 0.333. The lowest BCUT2D eigenvalue weighted by Crippen LogP contribution is -2.07. The third-order valence-electron chi connectivity index (χ3n) is 3.62. The number of benzene rings is 2. The quantitative estimate of drug-likeness (QED) is 0.695. The number of hydrogen-bond donors (Lipinski definition) is 0. The average Bonchev–Trinajstić information content (AvgIpc) is 2.47. The Morgan fingerprint density at radius 1 is 1.00 bits per heavy atom. The molecular weight excluding hydrogens is 268 g/mol. The lowest BCUT2D eigenvalue weighted by Gasteiger charge is -2.13. The molecule has 0 radical (unpaired) electrons. The second-order valence-electron chi connectivity index (χ2n) is 5.08. The number of methoxy groups -OCH3 is 1. The van der Waals surface area contributed by atoms with E-state index in [0.29, 0.717) is 0 Å². The zero-order valence-electron chi connectivity index (χ0n) is 12.1. The van der Waals surface area contributed by atoms with E-state index >= 15 is 0 Å². The zero-order valence-corrected chi connectivity index (χ0v) is 12.9. The number of hydrogen-bond acceptors (Lipinski definition) is 1. The minimum Gasteiger partial charge on any atom is -0.496 e. The second-order valence-corrected chi connectivity index (χ2v) is 5.70. The zero-order chi connectivity index (χ0) is 14.4. The molecule has 0 spiro atoms. The van der Waals surface area contributed by atoms with Crippen LogP contribution >= 0.6 is 11.6 Å². The molecule has 20 heavy (non-hydrogen) atoms. The van der Waals surface area contributed by atoms with Gasteiger partial charge in [-0.15, -0.1) is 11.6 Å². The summed E-state index contributed by atoms with van der Waals surface area (Å²) in [5, 5.41) is 0.130. The predicted octanol–water partition coefficient (Wildman–Crippen LogP) is 4.79. The molecule has 2 rings (SSSR count). The van der Waals surface area contributed by atoms with Gasteiger partial charge in [0.15, 0.2) is 0 Å². The molecule has 0 saturated heterocycles. The van der Waals surface area contributed by atoms with Crippen LogP contribution in [0, 0.1) is 6.92 Å². The number of rotatable bonds is 6. The van der Waals surface area contributed by atoms with Crippen molar-refractivity contribution in [1.82, 2.24) is 0 Å². The van der Waals surface area contributed by atoms with Crippen LogP contribution in [-0.2, 0) is 12.8 Å². The van der Waals surface area contributed by atoms with Crippen molar-refractivity contribution in [1.29, 1.82) is 0 Å². The lowest BCUT2D eigenvalue weighted by molar-refractivity contribution is 0.409. The molecule has 0 fully saturated rings. The molecule has 0 heterocycles. The van der Waals surface area contributed by atoms with Gasteiger partial charge in [-0.2, -0.15) is 0 Å². The van der Waals surface area contributed by atoms with Gasteiger partial charge in [-0.25, -0.2) is 0 Å². The van der Waals surface area contributed by atoms with E-state index in [-0.39, 0.29) is 5.38 Å². The van der Waals surface area contributed by atoms with Crippen molar-refractivity contribution in [3.8, 4) is 5.75 Å². The molecular formula is C18H21ClO. The number of ether oxygens (including phenoxy) is 1. The van der Waals surface area contributed by atoms with Crippen LogP contribution in [0.5, 0.6) is 5.75 Å². The van der Waals surface area contributed by atoms with E-state index in [4.69, 9.17) is 16.3 Å². The van der Waals surface area contributed by atoms with Crippen molar-refractivity contribution in [3.05, 3.63) is 65.2 Å². The molecule has 2 aromatic carbocycles. The van der Waals surface area contributed by atoms with E-state index < -0.39 is 0 Å². The van der Waals surface area contributed by atoms with Gasteiger partial charge in [-0.3, -0.25) is 0 Å². The lowest BCUT2D eigenvalue weighted by atomic mass is 10.00. The molecule has 0 aromatic heterocycles. The Labute approximate surface area is 126 Å². The van der Waals surface area contributed by atoms with Crippen LogP contribution in [0.25, 0.3) is 0 Å². The van der Waals surface area contributed by atoms with Gasteiger partial charge in [0.05, 0.1) is 7.11 Å². The summed E-state index contributed by atoms with van der Waals surface area (Å²) < 4.78 is 5.37. The average molecular weight is 289 g/mol. The third-order valence-corrected chi connectivity index (χ3v) is 3.99. The highest BCUT2D eigenvalue weighted by Gasteiger charge is 2.10. The van der Waals surface area contributed by atoms with Crippen LogP contribution in [0.1, 0.15) is 23.1 Å². The highest BCUT2D eigenvalue weighted by Crippen LogP contribution is 2.23. The molecule has 1 nitrogen and oxygen atoms in total. The van der Waals surface area contributed by atoms with Gasteiger partial charge >= 0.3 is 0 Å². The Hall–Kier alpha value is -1.47. The van der Waals surface area contributed by atoms with Gasteiger partial charge in [-0.1, -0.05) is 42.5 Å². The monoisotopic (exact) mass is 288 g/mol. The van der Waals surface area contributed by atoms with E-state index in [9.17, 15) is 0 Å². The third kappa shape index (κ3) is 4.01. The van der Waals surface area contributed by atoms with Gasteiger partial charge in [0, 0.05) is 5.38 Å². The number of alkyl halides is 1.